The molecule has 2 rings (SSSR count). The highest BCUT2D eigenvalue weighted by molar-refractivity contribution is 5.91. The molecule has 0 atom stereocenters. The van der Waals surface area contributed by atoms with Gasteiger partial charge in [-0.3, -0.25) is 0 Å². The van der Waals surface area contributed by atoms with Gasteiger partial charge in [0.15, 0.2) is 0 Å². The van der Waals surface area contributed by atoms with Crippen molar-refractivity contribution in [3.8, 4) is 5.75 Å². The molecule has 0 radical (unpaired) electrons. The number of aryl methyl sites for hydroxylation is 1. The predicted molar refractivity (Wildman–Crippen MR) is 94.9 cm³/mol. The van der Waals surface area contributed by atoms with Crippen LogP contribution in [0.25, 0.3) is 0 Å². The van der Waals surface area contributed by atoms with Crippen LogP contribution in [0.4, 0.5) is 0 Å². The molecule has 0 saturated carbocycles. The fourth-order valence-electron chi connectivity index (χ4n) is 2.62. The number of ether oxygens (including phenoxy) is 1. The molecule has 2 aromatic carbocycles. The second kappa shape index (κ2) is 9.83. The zero-order valence-corrected chi connectivity index (χ0v) is 14.0. The van der Waals surface area contributed by atoms with Crippen molar-refractivity contribution in [3.63, 3.8) is 0 Å². The van der Waals surface area contributed by atoms with Crippen molar-refractivity contribution in [2.75, 3.05) is 0 Å². The number of carbonyl (C=O) groups is 1. The maximum absolute atomic E-state index is 12.2. The predicted octanol–water partition coefficient (Wildman–Crippen LogP) is 5.81. The molecule has 0 aliphatic carbocycles. The van der Waals surface area contributed by atoms with E-state index in [9.17, 15) is 4.79 Å². The van der Waals surface area contributed by atoms with Gasteiger partial charge in [0.1, 0.15) is 5.75 Å². The minimum absolute atomic E-state index is 0.291. The van der Waals surface area contributed by atoms with Crippen LogP contribution in [-0.2, 0) is 6.42 Å². The van der Waals surface area contributed by atoms with Crippen molar-refractivity contribution >= 4 is 5.97 Å². The molecule has 0 amide bonds. The van der Waals surface area contributed by atoms with Gasteiger partial charge in [-0.05, 0) is 42.7 Å². The summed E-state index contributed by atoms with van der Waals surface area (Å²) in [4.78, 5) is 12.2. The van der Waals surface area contributed by atoms with Crippen LogP contribution in [-0.4, -0.2) is 5.97 Å². The molecule has 0 fully saturated rings. The number of unbranched alkanes of at least 4 members (excludes halogenated alkanes) is 5. The second-order valence-electron chi connectivity index (χ2n) is 5.92. The van der Waals surface area contributed by atoms with Gasteiger partial charge in [0.2, 0.25) is 0 Å². The maximum atomic E-state index is 12.2. The summed E-state index contributed by atoms with van der Waals surface area (Å²) in [5, 5.41) is 0. The Labute approximate surface area is 139 Å². The van der Waals surface area contributed by atoms with E-state index < -0.39 is 0 Å². The SMILES string of the molecule is CCCCCCCCc1cccc(C(=O)Oc2ccccc2)c1. The van der Waals surface area contributed by atoms with Crippen LogP contribution in [0.2, 0.25) is 0 Å². The van der Waals surface area contributed by atoms with Crippen molar-refractivity contribution in [2.45, 2.75) is 51.9 Å². The van der Waals surface area contributed by atoms with Gasteiger partial charge in [-0.2, -0.15) is 0 Å². The summed E-state index contributed by atoms with van der Waals surface area (Å²) in [7, 11) is 0. The lowest BCUT2D eigenvalue weighted by atomic mass is 10.0. The van der Waals surface area contributed by atoms with E-state index in [2.05, 4.69) is 13.0 Å². The van der Waals surface area contributed by atoms with Gasteiger partial charge in [0.25, 0.3) is 0 Å². The Morgan fingerprint density at radius 2 is 1.61 bits per heavy atom. The summed E-state index contributed by atoms with van der Waals surface area (Å²) < 4.78 is 5.39. The molecule has 0 bridgehead atoms. The molecular formula is C21H26O2. The highest BCUT2D eigenvalue weighted by Gasteiger charge is 2.08. The average molecular weight is 310 g/mol. The Morgan fingerprint density at radius 1 is 0.870 bits per heavy atom. The first-order chi connectivity index (χ1) is 11.3. The third kappa shape index (κ3) is 6.27. The van der Waals surface area contributed by atoms with E-state index >= 15 is 0 Å². The molecule has 0 saturated heterocycles. The number of esters is 1. The molecule has 2 heteroatoms. The van der Waals surface area contributed by atoms with E-state index in [-0.39, 0.29) is 5.97 Å². The van der Waals surface area contributed by atoms with E-state index in [0.29, 0.717) is 11.3 Å². The number of para-hydroxylation sites is 1. The third-order valence-corrected chi connectivity index (χ3v) is 3.94. The Bertz CT molecular complexity index is 590. The van der Waals surface area contributed by atoms with E-state index in [4.69, 9.17) is 4.74 Å². The van der Waals surface area contributed by atoms with Crippen LogP contribution in [0.5, 0.6) is 5.75 Å². The fourth-order valence-corrected chi connectivity index (χ4v) is 2.62. The van der Waals surface area contributed by atoms with Crippen LogP contribution in [0.15, 0.2) is 54.6 Å². The summed E-state index contributed by atoms with van der Waals surface area (Å²) in [5.74, 6) is 0.292. The highest BCUT2D eigenvalue weighted by atomic mass is 16.5. The van der Waals surface area contributed by atoms with Gasteiger partial charge in [0, 0.05) is 0 Å². The largest absolute Gasteiger partial charge is 0.423 e. The lowest BCUT2D eigenvalue weighted by Gasteiger charge is -2.06. The first-order valence-corrected chi connectivity index (χ1v) is 8.66. The standard InChI is InChI=1S/C21H26O2/c1-2-3-4-5-6-8-12-18-13-11-14-19(17-18)21(22)23-20-15-9-7-10-16-20/h7,9-11,13-17H,2-6,8,12H2,1H3. The van der Waals surface area contributed by atoms with Crippen molar-refractivity contribution < 1.29 is 9.53 Å². The summed E-state index contributed by atoms with van der Waals surface area (Å²) in [6.07, 6.45) is 8.73. The summed E-state index contributed by atoms with van der Waals surface area (Å²) >= 11 is 0. The first kappa shape index (κ1) is 17.3. The van der Waals surface area contributed by atoms with Crippen LogP contribution in [0, 0.1) is 0 Å². The van der Waals surface area contributed by atoms with Gasteiger partial charge in [0.05, 0.1) is 5.56 Å². The van der Waals surface area contributed by atoms with Gasteiger partial charge in [-0.15, -0.1) is 0 Å². The zero-order valence-electron chi connectivity index (χ0n) is 14.0. The number of hydrogen-bond donors (Lipinski definition) is 0. The molecule has 0 aliphatic rings. The Balaban J connectivity index is 1.83. The van der Waals surface area contributed by atoms with Crippen molar-refractivity contribution in [3.05, 3.63) is 65.7 Å². The van der Waals surface area contributed by atoms with Crippen LogP contribution in [0.1, 0.15) is 61.4 Å². The molecule has 2 nitrogen and oxygen atoms in total. The minimum atomic E-state index is -0.291. The smallest absolute Gasteiger partial charge is 0.343 e. The normalized spacial score (nSPS) is 10.5. The lowest BCUT2D eigenvalue weighted by molar-refractivity contribution is 0.0734. The lowest BCUT2D eigenvalue weighted by Crippen LogP contribution is -2.08. The maximum Gasteiger partial charge on any atom is 0.343 e. The number of hydrogen-bond acceptors (Lipinski definition) is 2. The highest BCUT2D eigenvalue weighted by Crippen LogP contribution is 2.15. The van der Waals surface area contributed by atoms with Gasteiger partial charge < -0.3 is 4.74 Å². The molecule has 122 valence electrons. The Kier molecular flexibility index (Phi) is 7.38. The Hall–Kier alpha value is -2.09. The molecule has 0 spiro atoms. The van der Waals surface area contributed by atoms with E-state index in [1.54, 1.807) is 12.1 Å². The fraction of sp³-hybridized carbons (Fsp3) is 0.381. The molecular weight excluding hydrogens is 284 g/mol. The van der Waals surface area contributed by atoms with Gasteiger partial charge in [-0.25, -0.2) is 4.79 Å². The molecule has 0 aromatic heterocycles. The summed E-state index contributed by atoms with van der Waals surface area (Å²) in [6, 6.07) is 17.0. The van der Waals surface area contributed by atoms with Gasteiger partial charge in [-0.1, -0.05) is 69.4 Å². The quantitative estimate of drug-likeness (QED) is 0.332. The van der Waals surface area contributed by atoms with Gasteiger partial charge >= 0.3 is 5.97 Å². The third-order valence-electron chi connectivity index (χ3n) is 3.94. The zero-order chi connectivity index (χ0) is 16.3. The minimum Gasteiger partial charge on any atom is -0.423 e. The van der Waals surface area contributed by atoms with Crippen molar-refractivity contribution in [1.82, 2.24) is 0 Å². The number of rotatable bonds is 9. The molecule has 0 N–H and O–H groups in total. The van der Waals surface area contributed by atoms with Crippen LogP contribution in [0.3, 0.4) is 0 Å². The summed E-state index contributed by atoms with van der Waals surface area (Å²) in [6.45, 7) is 2.24. The Morgan fingerprint density at radius 3 is 2.39 bits per heavy atom. The van der Waals surface area contributed by atoms with Crippen LogP contribution >= 0.6 is 0 Å². The summed E-state index contributed by atoms with van der Waals surface area (Å²) in [5.41, 5.74) is 1.83. The average Bonchev–Trinajstić information content (AvgIpc) is 2.59. The monoisotopic (exact) mass is 310 g/mol. The second-order valence-corrected chi connectivity index (χ2v) is 5.92. The molecule has 0 heterocycles. The number of carbonyl (C=O) groups excluding carboxylic acids is 1. The molecule has 23 heavy (non-hydrogen) atoms. The van der Waals surface area contributed by atoms with Crippen LogP contribution < -0.4 is 4.74 Å². The van der Waals surface area contributed by atoms with E-state index in [0.717, 1.165) is 6.42 Å². The van der Waals surface area contributed by atoms with Crippen molar-refractivity contribution in [1.29, 1.82) is 0 Å². The van der Waals surface area contributed by atoms with E-state index in [1.807, 2.05) is 36.4 Å². The molecule has 2 aromatic rings. The topological polar surface area (TPSA) is 26.3 Å². The van der Waals surface area contributed by atoms with Crippen molar-refractivity contribution in [2.24, 2.45) is 0 Å². The number of benzene rings is 2. The molecule has 0 unspecified atom stereocenters. The molecule has 0 aliphatic heterocycles. The first-order valence-electron chi connectivity index (χ1n) is 8.66. The van der Waals surface area contributed by atoms with E-state index in [1.165, 1.54) is 44.1 Å².